The van der Waals surface area contributed by atoms with Crippen molar-refractivity contribution in [2.45, 2.75) is 113 Å². The summed E-state index contributed by atoms with van der Waals surface area (Å²) in [4.78, 5) is 2.58. The highest BCUT2D eigenvalue weighted by molar-refractivity contribution is 5.97. The largest absolute Gasteiger partial charge is 0.508 e. The van der Waals surface area contributed by atoms with Gasteiger partial charge >= 0.3 is 0 Å². The van der Waals surface area contributed by atoms with Gasteiger partial charge in [0.1, 0.15) is 5.75 Å². The van der Waals surface area contributed by atoms with Crippen LogP contribution >= 0.6 is 0 Å². The van der Waals surface area contributed by atoms with Gasteiger partial charge < -0.3 is 20.1 Å². The number of aliphatic hydroxyl groups is 1. The zero-order valence-corrected chi connectivity index (χ0v) is 26.3. The lowest BCUT2D eigenvalue weighted by Gasteiger charge is -2.63. The summed E-state index contributed by atoms with van der Waals surface area (Å²) in [5, 5.41) is 44.1. The minimum atomic E-state index is -0.903. The molecule has 3 N–H and O–H groups in total. The topological polar surface area (TPSA) is 97.9 Å². The smallest absolute Gasteiger partial charge is 0.166 e. The molecule has 2 aromatic rings. The normalized spacial score (nSPS) is 42.6. The van der Waals surface area contributed by atoms with E-state index in [0.29, 0.717) is 42.1 Å². The molecular formula is C38H45N3O4. The summed E-state index contributed by atoms with van der Waals surface area (Å²) in [6.07, 6.45) is 11.9. The fourth-order valence-electron chi connectivity index (χ4n) is 12.0. The van der Waals surface area contributed by atoms with E-state index < -0.39 is 11.0 Å². The summed E-state index contributed by atoms with van der Waals surface area (Å²) in [7, 11) is 0. The Bertz CT molecular complexity index is 1680. The Morgan fingerprint density at radius 1 is 0.933 bits per heavy atom. The Kier molecular flexibility index (Phi) is 5.52. The average Bonchev–Trinajstić information content (AvgIpc) is 3.68. The van der Waals surface area contributed by atoms with Gasteiger partial charge in [-0.05, 0) is 142 Å². The molecule has 5 fully saturated rings. The number of hydrogen-bond acceptors (Lipinski definition) is 7. The van der Waals surface area contributed by atoms with Crippen molar-refractivity contribution in [3.05, 3.63) is 52.6 Å². The molecule has 2 aromatic carbocycles. The Morgan fingerprint density at radius 3 is 2.69 bits per heavy atom. The molecule has 6 aliphatic carbocycles. The van der Waals surface area contributed by atoms with Crippen LogP contribution in [-0.4, -0.2) is 62.5 Å². The van der Waals surface area contributed by atoms with Crippen LogP contribution in [0.4, 0.5) is 0 Å². The summed E-state index contributed by atoms with van der Waals surface area (Å²) in [5.74, 6) is 3.74. The maximum absolute atomic E-state index is 12.8. The highest BCUT2D eigenvalue weighted by atomic mass is 16.5. The van der Waals surface area contributed by atoms with Crippen LogP contribution in [0, 0.1) is 23.2 Å². The molecule has 1 spiro atoms. The number of phenolic OH excluding ortho intramolecular Hbond substituents is 2. The second-order valence-electron chi connectivity index (χ2n) is 16.2. The molecule has 7 heteroatoms. The van der Waals surface area contributed by atoms with E-state index in [4.69, 9.17) is 14.9 Å². The van der Waals surface area contributed by atoms with Crippen molar-refractivity contribution in [2.75, 3.05) is 13.1 Å². The van der Waals surface area contributed by atoms with Crippen molar-refractivity contribution in [3.63, 3.8) is 0 Å². The standard InChI is InChI=1S/C38H45N3O4/c1-36-14-12-26-25-8-6-24(42)18-22(25)4-7-27(26)28(36)9-11-31(36)40-39-29-13-15-38(44)32-19-23-5-10-30(43)34-33(23)37(38,35(29)45-34)16-17-41(32)20-21-2-3-21/h5-6,8,10,18,21,26-28,32,35,42-44H,2-4,7,9,11-17,19-20H2,1H3/b39-29-,40-31-/t26-,27-,28+,32-,35+,36+,37+,38-/m1/s1. The molecule has 2 aliphatic heterocycles. The van der Waals surface area contributed by atoms with Gasteiger partial charge in [-0.15, -0.1) is 0 Å². The molecular weight excluding hydrogens is 562 g/mol. The molecule has 2 bridgehead atoms. The molecule has 8 aliphatic rings. The van der Waals surface area contributed by atoms with Gasteiger partial charge in [0, 0.05) is 29.3 Å². The first-order valence-corrected chi connectivity index (χ1v) is 17.7. The molecule has 8 atom stereocenters. The van der Waals surface area contributed by atoms with Gasteiger partial charge in [0.25, 0.3) is 0 Å². The predicted octanol–water partition coefficient (Wildman–Crippen LogP) is 6.02. The quantitative estimate of drug-likeness (QED) is 0.371. The van der Waals surface area contributed by atoms with E-state index >= 15 is 0 Å². The molecule has 4 saturated carbocycles. The van der Waals surface area contributed by atoms with Crippen LogP contribution in [0.5, 0.6) is 17.2 Å². The third-order valence-corrected chi connectivity index (χ3v) is 14.3. The van der Waals surface area contributed by atoms with E-state index in [9.17, 15) is 15.3 Å². The number of rotatable bonds is 3. The first-order valence-electron chi connectivity index (χ1n) is 17.7. The van der Waals surface area contributed by atoms with E-state index in [1.54, 1.807) is 6.07 Å². The lowest BCUT2D eigenvalue weighted by atomic mass is 9.49. The Labute approximate surface area is 265 Å². The van der Waals surface area contributed by atoms with Crippen LogP contribution in [0.15, 0.2) is 40.5 Å². The Morgan fingerprint density at radius 2 is 1.82 bits per heavy atom. The van der Waals surface area contributed by atoms with Crippen molar-refractivity contribution < 1.29 is 20.1 Å². The van der Waals surface area contributed by atoms with Crippen LogP contribution in [0.3, 0.4) is 0 Å². The number of fused-ring (bicyclic) bond motifs is 5. The maximum atomic E-state index is 12.8. The minimum absolute atomic E-state index is 0.0579. The van der Waals surface area contributed by atoms with E-state index in [2.05, 4.69) is 24.0 Å². The maximum Gasteiger partial charge on any atom is 0.166 e. The van der Waals surface area contributed by atoms with Crippen molar-refractivity contribution >= 4 is 11.4 Å². The molecule has 236 valence electrons. The summed E-state index contributed by atoms with van der Waals surface area (Å²) in [6, 6.07) is 9.96. The van der Waals surface area contributed by atoms with Crippen LogP contribution in [0.1, 0.15) is 99.3 Å². The van der Waals surface area contributed by atoms with Crippen molar-refractivity contribution in [1.82, 2.24) is 4.90 Å². The van der Waals surface area contributed by atoms with E-state index in [1.807, 2.05) is 12.1 Å². The molecule has 10 rings (SSSR count). The van der Waals surface area contributed by atoms with Gasteiger partial charge in [-0.2, -0.15) is 10.2 Å². The summed E-state index contributed by atoms with van der Waals surface area (Å²) >= 11 is 0. The molecule has 0 unspecified atom stereocenters. The molecule has 2 heterocycles. The molecule has 0 amide bonds. The van der Waals surface area contributed by atoms with Gasteiger partial charge in [-0.3, -0.25) is 4.90 Å². The lowest BCUT2D eigenvalue weighted by molar-refractivity contribution is -0.166. The third kappa shape index (κ3) is 3.49. The summed E-state index contributed by atoms with van der Waals surface area (Å²) < 4.78 is 6.73. The molecule has 7 nitrogen and oxygen atoms in total. The molecule has 45 heavy (non-hydrogen) atoms. The number of benzene rings is 2. The second kappa shape index (κ2) is 9.13. The van der Waals surface area contributed by atoms with Crippen LogP contribution < -0.4 is 4.74 Å². The van der Waals surface area contributed by atoms with E-state index in [1.165, 1.54) is 48.1 Å². The van der Waals surface area contributed by atoms with Crippen LogP contribution in [-0.2, 0) is 18.3 Å². The number of aromatic hydroxyl groups is 2. The SMILES string of the molecule is C[C@]12CC[C@@H]3c4ccc(O)cc4CC[C@H]3[C@@H]1CC/C2=N/N=C1/CC[C@@]2(O)[C@H]3Cc4ccc(O)c5c4[C@@]2(CCN3CC2CC2)[C@H]1O5. The lowest BCUT2D eigenvalue weighted by Crippen LogP contribution is -2.76. The average molecular weight is 608 g/mol. The molecule has 1 saturated heterocycles. The minimum Gasteiger partial charge on any atom is -0.508 e. The Hall–Kier alpha value is -2.90. The van der Waals surface area contributed by atoms with Gasteiger partial charge in [-0.1, -0.05) is 19.1 Å². The fourth-order valence-corrected chi connectivity index (χ4v) is 12.0. The highest BCUT2D eigenvalue weighted by Crippen LogP contribution is 2.65. The number of phenols is 2. The van der Waals surface area contributed by atoms with Crippen molar-refractivity contribution in [3.8, 4) is 17.2 Å². The van der Waals surface area contributed by atoms with Gasteiger partial charge in [0.2, 0.25) is 0 Å². The number of nitrogens with zero attached hydrogens (tertiary/aromatic N) is 3. The van der Waals surface area contributed by atoms with E-state index in [-0.39, 0.29) is 23.3 Å². The van der Waals surface area contributed by atoms with Gasteiger partial charge in [0.05, 0.1) is 16.7 Å². The van der Waals surface area contributed by atoms with Crippen molar-refractivity contribution in [2.24, 2.45) is 33.4 Å². The van der Waals surface area contributed by atoms with Gasteiger partial charge in [-0.25, -0.2) is 0 Å². The highest BCUT2D eigenvalue weighted by Gasteiger charge is 2.72. The van der Waals surface area contributed by atoms with Gasteiger partial charge in [0.15, 0.2) is 17.6 Å². The number of likely N-dealkylation sites (tertiary alicyclic amines) is 1. The molecule has 0 radical (unpaired) electrons. The zero-order valence-electron chi connectivity index (χ0n) is 26.3. The zero-order chi connectivity index (χ0) is 30.3. The monoisotopic (exact) mass is 607 g/mol. The fraction of sp³-hybridized carbons (Fsp3) is 0.632. The van der Waals surface area contributed by atoms with Crippen LogP contribution in [0.25, 0.3) is 0 Å². The first kappa shape index (κ1) is 27.2. The molecule has 0 aromatic heterocycles. The second-order valence-corrected chi connectivity index (χ2v) is 16.2. The summed E-state index contributed by atoms with van der Waals surface area (Å²) in [5.41, 5.74) is 5.83. The Balaban J connectivity index is 0.991. The van der Waals surface area contributed by atoms with Crippen LogP contribution in [0.2, 0.25) is 0 Å². The third-order valence-electron chi connectivity index (χ3n) is 14.3. The first-order chi connectivity index (χ1) is 21.8. The number of ether oxygens (including phenoxy) is 1. The van der Waals surface area contributed by atoms with E-state index in [0.717, 1.165) is 68.8 Å². The van der Waals surface area contributed by atoms with Crippen molar-refractivity contribution in [1.29, 1.82) is 0 Å². The number of hydrogen-bond donors (Lipinski definition) is 3. The summed E-state index contributed by atoms with van der Waals surface area (Å²) in [6.45, 7) is 4.47. The number of piperidine rings is 1. The predicted molar refractivity (Wildman–Crippen MR) is 172 cm³/mol. The number of aryl methyl sites for hydroxylation is 1.